The van der Waals surface area contributed by atoms with Crippen molar-refractivity contribution in [3.8, 4) is 5.75 Å². The molecule has 0 radical (unpaired) electrons. The SMILES string of the molecule is COc1cccc(C(=O)C2CCCCC2N)c1. The summed E-state index contributed by atoms with van der Waals surface area (Å²) in [5, 5.41) is 0. The number of benzene rings is 1. The fourth-order valence-electron chi connectivity index (χ4n) is 2.48. The van der Waals surface area contributed by atoms with E-state index >= 15 is 0 Å². The minimum absolute atomic E-state index is 0.0162. The Morgan fingerprint density at radius 2 is 2.12 bits per heavy atom. The minimum atomic E-state index is -0.0177. The average Bonchev–Trinajstić information content (AvgIpc) is 2.38. The highest BCUT2D eigenvalue weighted by Gasteiger charge is 2.28. The van der Waals surface area contributed by atoms with Crippen LogP contribution in [-0.4, -0.2) is 18.9 Å². The first-order valence-electron chi connectivity index (χ1n) is 6.16. The zero-order chi connectivity index (χ0) is 12.3. The minimum Gasteiger partial charge on any atom is -0.497 e. The predicted molar refractivity (Wildman–Crippen MR) is 67.3 cm³/mol. The smallest absolute Gasteiger partial charge is 0.167 e. The highest BCUT2D eigenvalue weighted by atomic mass is 16.5. The molecule has 92 valence electrons. The first-order valence-corrected chi connectivity index (χ1v) is 6.16. The molecular formula is C14H19NO2. The molecule has 1 aromatic carbocycles. The topological polar surface area (TPSA) is 52.3 Å². The third kappa shape index (κ3) is 2.67. The van der Waals surface area contributed by atoms with E-state index in [9.17, 15) is 4.79 Å². The summed E-state index contributed by atoms with van der Waals surface area (Å²) >= 11 is 0. The third-order valence-electron chi connectivity index (χ3n) is 3.51. The van der Waals surface area contributed by atoms with Crippen molar-refractivity contribution >= 4 is 5.78 Å². The Bertz CT molecular complexity index is 403. The number of carbonyl (C=O) groups is 1. The highest BCUT2D eigenvalue weighted by molar-refractivity contribution is 5.98. The second-order valence-corrected chi connectivity index (χ2v) is 4.65. The summed E-state index contributed by atoms with van der Waals surface area (Å²) in [4.78, 5) is 12.3. The summed E-state index contributed by atoms with van der Waals surface area (Å²) < 4.78 is 5.14. The van der Waals surface area contributed by atoms with Gasteiger partial charge < -0.3 is 10.5 Å². The van der Waals surface area contributed by atoms with Crippen LogP contribution in [0.4, 0.5) is 0 Å². The summed E-state index contributed by atoms with van der Waals surface area (Å²) in [5.41, 5.74) is 6.75. The quantitative estimate of drug-likeness (QED) is 0.816. The molecule has 0 spiro atoms. The van der Waals surface area contributed by atoms with Gasteiger partial charge in [0.15, 0.2) is 5.78 Å². The summed E-state index contributed by atoms with van der Waals surface area (Å²) in [7, 11) is 1.61. The zero-order valence-corrected chi connectivity index (χ0v) is 10.2. The molecule has 1 saturated carbocycles. The van der Waals surface area contributed by atoms with Crippen molar-refractivity contribution in [1.29, 1.82) is 0 Å². The molecule has 0 heterocycles. The van der Waals surface area contributed by atoms with E-state index in [1.807, 2.05) is 18.2 Å². The van der Waals surface area contributed by atoms with Crippen molar-refractivity contribution in [3.05, 3.63) is 29.8 Å². The van der Waals surface area contributed by atoms with Crippen molar-refractivity contribution in [2.75, 3.05) is 7.11 Å². The molecule has 2 rings (SSSR count). The van der Waals surface area contributed by atoms with Crippen LogP contribution in [0.5, 0.6) is 5.75 Å². The van der Waals surface area contributed by atoms with Crippen LogP contribution in [-0.2, 0) is 0 Å². The van der Waals surface area contributed by atoms with Crippen LogP contribution in [0.25, 0.3) is 0 Å². The zero-order valence-electron chi connectivity index (χ0n) is 10.2. The van der Waals surface area contributed by atoms with Crippen LogP contribution >= 0.6 is 0 Å². The Kier molecular flexibility index (Phi) is 3.79. The molecule has 0 amide bonds. The van der Waals surface area contributed by atoms with E-state index in [1.54, 1.807) is 13.2 Å². The molecule has 0 saturated heterocycles. The second-order valence-electron chi connectivity index (χ2n) is 4.65. The maximum absolute atomic E-state index is 12.3. The van der Waals surface area contributed by atoms with Crippen LogP contribution < -0.4 is 10.5 Å². The van der Waals surface area contributed by atoms with E-state index in [4.69, 9.17) is 10.5 Å². The Morgan fingerprint density at radius 3 is 2.82 bits per heavy atom. The molecule has 1 aromatic rings. The molecule has 1 aliphatic carbocycles. The van der Waals surface area contributed by atoms with Gasteiger partial charge in [-0.25, -0.2) is 0 Å². The number of hydrogen-bond acceptors (Lipinski definition) is 3. The van der Waals surface area contributed by atoms with Gasteiger partial charge in [-0.1, -0.05) is 25.0 Å². The Labute approximate surface area is 102 Å². The van der Waals surface area contributed by atoms with Crippen LogP contribution in [0, 0.1) is 5.92 Å². The van der Waals surface area contributed by atoms with Gasteiger partial charge >= 0.3 is 0 Å². The van der Waals surface area contributed by atoms with Gasteiger partial charge in [0.2, 0.25) is 0 Å². The molecule has 2 N–H and O–H groups in total. The molecule has 0 aliphatic heterocycles. The third-order valence-corrected chi connectivity index (χ3v) is 3.51. The molecule has 1 aliphatic rings. The fourth-order valence-corrected chi connectivity index (χ4v) is 2.48. The maximum Gasteiger partial charge on any atom is 0.167 e. The molecule has 3 heteroatoms. The van der Waals surface area contributed by atoms with Crippen molar-refractivity contribution in [1.82, 2.24) is 0 Å². The van der Waals surface area contributed by atoms with Gasteiger partial charge in [0.25, 0.3) is 0 Å². The number of Topliss-reactive ketones (excluding diaryl/α,β-unsaturated/α-hetero) is 1. The van der Waals surface area contributed by atoms with E-state index in [-0.39, 0.29) is 17.7 Å². The standard InChI is InChI=1S/C14H19NO2/c1-17-11-6-4-5-10(9-11)14(16)12-7-2-3-8-13(12)15/h4-6,9,12-13H,2-3,7-8,15H2,1H3. The molecule has 2 atom stereocenters. The number of carbonyl (C=O) groups excluding carboxylic acids is 1. The normalized spacial score (nSPS) is 24.4. The van der Waals surface area contributed by atoms with E-state index in [0.717, 1.165) is 31.4 Å². The highest BCUT2D eigenvalue weighted by Crippen LogP contribution is 2.27. The second kappa shape index (κ2) is 5.32. The van der Waals surface area contributed by atoms with Gasteiger partial charge in [0, 0.05) is 17.5 Å². The van der Waals surface area contributed by atoms with Crippen LogP contribution in [0.15, 0.2) is 24.3 Å². The predicted octanol–water partition coefficient (Wildman–Crippen LogP) is 2.40. The molecule has 0 aromatic heterocycles. The summed E-state index contributed by atoms with van der Waals surface area (Å²) in [6.07, 6.45) is 4.12. The average molecular weight is 233 g/mol. The lowest BCUT2D eigenvalue weighted by atomic mass is 9.80. The first kappa shape index (κ1) is 12.1. The van der Waals surface area contributed by atoms with Crippen molar-refractivity contribution < 1.29 is 9.53 Å². The van der Waals surface area contributed by atoms with E-state index < -0.39 is 0 Å². The first-order chi connectivity index (χ1) is 8.22. The van der Waals surface area contributed by atoms with Crippen LogP contribution in [0.1, 0.15) is 36.0 Å². The molecular weight excluding hydrogens is 214 g/mol. The fraction of sp³-hybridized carbons (Fsp3) is 0.500. The van der Waals surface area contributed by atoms with Gasteiger partial charge in [-0.05, 0) is 25.0 Å². The van der Waals surface area contributed by atoms with Gasteiger partial charge in [-0.15, -0.1) is 0 Å². The van der Waals surface area contributed by atoms with E-state index in [1.165, 1.54) is 0 Å². The summed E-state index contributed by atoms with van der Waals surface area (Å²) in [5.74, 6) is 0.868. The van der Waals surface area contributed by atoms with Gasteiger partial charge in [0.1, 0.15) is 5.75 Å². The number of ether oxygens (including phenoxy) is 1. The molecule has 2 unspecified atom stereocenters. The van der Waals surface area contributed by atoms with Crippen molar-refractivity contribution in [2.45, 2.75) is 31.7 Å². The number of ketones is 1. The Balaban J connectivity index is 2.17. The maximum atomic E-state index is 12.3. The number of methoxy groups -OCH3 is 1. The number of nitrogens with two attached hydrogens (primary N) is 1. The number of hydrogen-bond donors (Lipinski definition) is 1. The van der Waals surface area contributed by atoms with Crippen LogP contribution in [0.2, 0.25) is 0 Å². The molecule has 1 fully saturated rings. The summed E-state index contributed by atoms with van der Waals surface area (Å²) in [6.45, 7) is 0. The molecule has 17 heavy (non-hydrogen) atoms. The Hall–Kier alpha value is -1.35. The lowest BCUT2D eigenvalue weighted by Gasteiger charge is -2.27. The van der Waals surface area contributed by atoms with E-state index in [2.05, 4.69) is 0 Å². The lowest BCUT2D eigenvalue weighted by molar-refractivity contribution is 0.0870. The number of rotatable bonds is 3. The van der Waals surface area contributed by atoms with Gasteiger partial charge in [-0.3, -0.25) is 4.79 Å². The van der Waals surface area contributed by atoms with Crippen molar-refractivity contribution in [2.24, 2.45) is 11.7 Å². The largest absolute Gasteiger partial charge is 0.497 e. The molecule has 0 bridgehead atoms. The molecule has 3 nitrogen and oxygen atoms in total. The van der Waals surface area contributed by atoms with E-state index in [0.29, 0.717) is 5.56 Å². The lowest BCUT2D eigenvalue weighted by Crippen LogP contribution is -2.38. The van der Waals surface area contributed by atoms with Gasteiger partial charge in [-0.2, -0.15) is 0 Å². The summed E-state index contributed by atoms with van der Waals surface area (Å²) in [6, 6.07) is 7.34. The monoisotopic (exact) mass is 233 g/mol. The Morgan fingerprint density at radius 1 is 1.35 bits per heavy atom. The van der Waals surface area contributed by atoms with Crippen LogP contribution in [0.3, 0.4) is 0 Å². The van der Waals surface area contributed by atoms with Crippen molar-refractivity contribution in [3.63, 3.8) is 0 Å². The van der Waals surface area contributed by atoms with Gasteiger partial charge in [0.05, 0.1) is 7.11 Å².